The van der Waals surface area contributed by atoms with Crippen LogP contribution in [-0.4, -0.2) is 12.4 Å². The molecule has 0 spiro atoms. The highest BCUT2D eigenvalue weighted by molar-refractivity contribution is 6.31. The molecule has 1 heterocycles. The Morgan fingerprint density at radius 3 is 2.70 bits per heavy atom. The Labute approximate surface area is 121 Å². The molecule has 2 aromatic carbocycles. The summed E-state index contributed by atoms with van der Waals surface area (Å²) in [5.74, 6) is 0.146. The first-order valence-electron chi connectivity index (χ1n) is 6.40. The summed E-state index contributed by atoms with van der Waals surface area (Å²) in [6, 6.07) is 9.39. The van der Waals surface area contributed by atoms with Gasteiger partial charge in [-0.1, -0.05) is 11.6 Å². The van der Waals surface area contributed by atoms with Gasteiger partial charge in [0.2, 0.25) is 0 Å². The lowest BCUT2D eigenvalue weighted by atomic mass is 9.98. The van der Waals surface area contributed by atoms with Crippen LogP contribution in [0.25, 0.3) is 0 Å². The minimum Gasteiger partial charge on any atom is -0.493 e. The third-order valence-corrected chi connectivity index (χ3v) is 3.64. The number of hydrogen-bond donors (Lipinski definition) is 0. The molecule has 3 rings (SSSR count). The van der Waals surface area contributed by atoms with Crippen molar-refractivity contribution in [3.63, 3.8) is 0 Å². The molecule has 0 amide bonds. The first kappa shape index (κ1) is 13.1. The number of hydrogen-bond acceptors (Lipinski definition) is 2. The summed E-state index contributed by atoms with van der Waals surface area (Å²) in [5, 5.41) is -0.0443. The fourth-order valence-electron chi connectivity index (χ4n) is 2.31. The van der Waals surface area contributed by atoms with Gasteiger partial charge in [-0.2, -0.15) is 0 Å². The van der Waals surface area contributed by atoms with Gasteiger partial charge in [-0.25, -0.2) is 4.39 Å². The third kappa shape index (κ3) is 2.41. The average Bonchev–Trinajstić information content (AvgIpc) is 2.49. The maximum absolute atomic E-state index is 13.1. The molecule has 1 aliphatic rings. The van der Waals surface area contributed by atoms with Gasteiger partial charge in [-0.15, -0.1) is 0 Å². The van der Waals surface area contributed by atoms with Crippen LogP contribution in [-0.2, 0) is 6.42 Å². The first-order chi connectivity index (χ1) is 9.65. The van der Waals surface area contributed by atoms with Crippen molar-refractivity contribution in [2.24, 2.45) is 0 Å². The van der Waals surface area contributed by atoms with Crippen LogP contribution in [0.2, 0.25) is 5.02 Å². The van der Waals surface area contributed by atoms with E-state index in [1.807, 2.05) is 12.1 Å². The minimum absolute atomic E-state index is 0.0443. The van der Waals surface area contributed by atoms with E-state index >= 15 is 0 Å². The molecule has 0 aromatic heterocycles. The maximum atomic E-state index is 13.1. The lowest BCUT2D eigenvalue weighted by molar-refractivity contribution is 0.103. The number of fused-ring (bicyclic) bond motifs is 1. The Bertz CT molecular complexity index is 682. The van der Waals surface area contributed by atoms with Crippen LogP contribution in [0.15, 0.2) is 36.4 Å². The van der Waals surface area contributed by atoms with Gasteiger partial charge in [-0.05, 0) is 54.8 Å². The van der Waals surface area contributed by atoms with Crippen molar-refractivity contribution in [2.45, 2.75) is 12.8 Å². The predicted octanol–water partition coefficient (Wildman–Crippen LogP) is 4.04. The Balaban J connectivity index is 1.95. The molecule has 0 atom stereocenters. The van der Waals surface area contributed by atoms with Crippen molar-refractivity contribution in [1.29, 1.82) is 0 Å². The normalized spacial score (nSPS) is 13.5. The van der Waals surface area contributed by atoms with E-state index < -0.39 is 5.82 Å². The van der Waals surface area contributed by atoms with Gasteiger partial charge < -0.3 is 4.74 Å². The third-order valence-electron chi connectivity index (χ3n) is 3.35. The number of rotatable bonds is 2. The van der Waals surface area contributed by atoms with Gasteiger partial charge in [0, 0.05) is 11.1 Å². The van der Waals surface area contributed by atoms with E-state index in [0.29, 0.717) is 17.7 Å². The van der Waals surface area contributed by atoms with Crippen molar-refractivity contribution in [3.05, 3.63) is 63.9 Å². The Morgan fingerprint density at radius 2 is 1.90 bits per heavy atom. The number of ether oxygens (including phenoxy) is 1. The lowest BCUT2D eigenvalue weighted by Crippen LogP contribution is -2.10. The average molecular weight is 291 g/mol. The number of carbonyl (C=O) groups is 1. The van der Waals surface area contributed by atoms with E-state index in [0.717, 1.165) is 24.2 Å². The van der Waals surface area contributed by atoms with E-state index in [2.05, 4.69) is 0 Å². The monoisotopic (exact) mass is 290 g/mol. The SMILES string of the molecule is O=C(c1ccc(F)c(Cl)c1)c1ccc2c(c1)CCCO2. The second kappa shape index (κ2) is 5.25. The van der Waals surface area contributed by atoms with Crippen molar-refractivity contribution < 1.29 is 13.9 Å². The van der Waals surface area contributed by atoms with Gasteiger partial charge in [0.1, 0.15) is 11.6 Å². The molecule has 0 radical (unpaired) electrons. The van der Waals surface area contributed by atoms with Crippen molar-refractivity contribution in [3.8, 4) is 5.75 Å². The summed E-state index contributed by atoms with van der Waals surface area (Å²) in [6.45, 7) is 0.716. The molecule has 4 heteroatoms. The summed E-state index contributed by atoms with van der Waals surface area (Å²) >= 11 is 5.71. The first-order valence-corrected chi connectivity index (χ1v) is 6.78. The minimum atomic E-state index is -0.526. The smallest absolute Gasteiger partial charge is 0.193 e. The molecule has 20 heavy (non-hydrogen) atoms. The summed E-state index contributed by atoms with van der Waals surface area (Å²) in [5.41, 5.74) is 1.99. The largest absolute Gasteiger partial charge is 0.493 e. The van der Waals surface area contributed by atoms with Crippen molar-refractivity contribution in [2.75, 3.05) is 6.61 Å². The topological polar surface area (TPSA) is 26.3 Å². The van der Waals surface area contributed by atoms with Crippen molar-refractivity contribution in [1.82, 2.24) is 0 Å². The maximum Gasteiger partial charge on any atom is 0.193 e. The molecule has 0 saturated carbocycles. The van der Waals surface area contributed by atoms with Crippen molar-refractivity contribution >= 4 is 17.4 Å². The molecule has 2 aromatic rings. The summed E-state index contributed by atoms with van der Waals surface area (Å²) in [6.07, 6.45) is 1.85. The zero-order chi connectivity index (χ0) is 14.1. The number of carbonyl (C=O) groups excluding carboxylic acids is 1. The van der Waals surface area contributed by atoms with Crippen LogP contribution in [0, 0.1) is 5.82 Å². The molecule has 0 aliphatic carbocycles. The molecular weight excluding hydrogens is 279 g/mol. The lowest BCUT2D eigenvalue weighted by Gasteiger charge is -2.17. The van der Waals surface area contributed by atoms with Crippen LogP contribution in [0.5, 0.6) is 5.75 Å². The predicted molar refractivity (Wildman–Crippen MR) is 75.1 cm³/mol. The van der Waals surface area contributed by atoms with E-state index in [-0.39, 0.29) is 10.8 Å². The van der Waals surface area contributed by atoms with Gasteiger partial charge in [-0.3, -0.25) is 4.79 Å². The number of ketones is 1. The summed E-state index contributed by atoms with van der Waals surface area (Å²) in [4.78, 5) is 12.4. The van der Waals surface area contributed by atoms with Gasteiger partial charge in [0.05, 0.1) is 11.6 Å². The van der Waals surface area contributed by atoms with E-state index in [1.54, 1.807) is 6.07 Å². The van der Waals surface area contributed by atoms with E-state index in [9.17, 15) is 9.18 Å². The summed E-state index contributed by atoms with van der Waals surface area (Å²) < 4.78 is 18.6. The second-order valence-corrected chi connectivity index (χ2v) is 5.14. The van der Waals surface area contributed by atoms with Gasteiger partial charge in [0.25, 0.3) is 0 Å². The highest BCUT2D eigenvalue weighted by Gasteiger charge is 2.15. The quantitative estimate of drug-likeness (QED) is 0.781. The standard InChI is InChI=1S/C16H12ClFO2/c17-13-9-12(3-5-14(13)18)16(19)11-4-6-15-10(8-11)2-1-7-20-15/h3-6,8-9H,1-2,7H2. The van der Waals surface area contributed by atoms with E-state index in [1.165, 1.54) is 18.2 Å². The van der Waals surface area contributed by atoms with Crippen LogP contribution >= 0.6 is 11.6 Å². The van der Waals surface area contributed by atoms with Gasteiger partial charge in [0.15, 0.2) is 5.78 Å². The van der Waals surface area contributed by atoms with Crippen LogP contribution < -0.4 is 4.74 Å². The van der Waals surface area contributed by atoms with Crippen LogP contribution in [0.1, 0.15) is 27.9 Å². The molecule has 0 unspecified atom stereocenters. The molecule has 0 N–H and O–H groups in total. The molecule has 2 nitrogen and oxygen atoms in total. The zero-order valence-corrected chi connectivity index (χ0v) is 11.4. The number of halogens is 2. The zero-order valence-electron chi connectivity index (χ0n) is 10.7. The number of benzene rings is 2. The fraction of sp³-hybridized carbons (Fsp3) is 0.188. The fourth-order valence-corrected chi connectivity index (χ4v) is 2.49. The Hall–Kier alpha value is -1.87. The molecular formula is C16H12ClFO2. The second-order valence-electron chi connectivity index (χ2n) is 4.73. The molecule has 102 valence electrons. The molecule has 0 saturated heterocycles. The Morgan fingerprint density at radius 1 is 1.15 bits per heavy atom. The van der Waals surface area contributed by atoms with Crippen LogP contribution in [0.3, 0.4) is 0 Å². The van der Waals surface area contributed by atoms with Crippen LogP contribution in [0.4, 0.5) is 4.39 Å². The molecule has 1 aliphatic heterocycles. The number of aryl methyl sites for hydroxylation is 1. The highest BCUT2D eigenvalue weighted by Crippen LogP contribution is 2.27. The Kier molecular flexibility index (Phi) is 3.45. The van der Waals surface area contributed by atoms with Gasteiger partial charge >= 0.3 is 0 Å². The molecule has 0 fully saturated rings. The molecule has 0 bridgehead atoms. The summed E-state index contributed by atoms with van der Waals surface area (Å²) in [7, 11) is 0. The van der Waals surface area contributed by atoms with E-state index in [4.69, 9.17) is 16.3 Å². The highest BCUT2D eigenvalue weighted by atomic mass is 35.5.